The number of aliphatic imine (C=N–C) groups is 1. The van der Waals surface area contributed by atoms with Gasteiger partial charge >= 0.3 is 0 Å². The minimum Gasteiger partial charge on any atom is -0.370 e. The van der Waals surface area contributed by atoms with E-state index >= 15 is 0 Å². The molecule has 5 heteroatoms. The number of rotatable bonds is 2. The lowest BCUT2D eigenvalue weighted by molar-refractivity contribution is 1.09. The molecule has 0 atom stereocenters. The number of guanidine groups is 1. The van der Waals surface area contributed by atoms with Crippen LogP contribution in [0.4, 0.5) is 0 Å². The predicted octanol–water partition coefficient (Wildman–Crippen LogP) is 1.17. The van der Waals surface area contributed by atoms with Crippen molar-refractivity contribution in [1.29, 1.82) is 0 Å². The molecule has 0 bridgehead atoms. The fourth-order valence-electron chi connectivity index (χ4n) is 0.606. The van der Waals surface area contributed by atoms with Gasteiger partial charge in [-0.05, 0) is 12.1 Å². The van der Waals surface area contributed by atoms with Crippen molar-refractivity contribution in [1.82, 2.24) is 0 Å². The number of halogens is 1. The van der Waals surface area contributed by atoms with Crippen molar-refractivity contribution in [3.8, 4) is 0 Å². The first kappa shape index (κ1) is 8.36. The number of hydrogen-bond donors (Lipinski definition) is 2. The third-order valence-corrected chi connectivity index (χ3v) is 2.26. The maximum Gasteiger partial charge on any atom is 0.186 e. The SMILES string of the molecule is NC(N)=NCc1ccc(Cl)s1. The highest BCUT2D eigenvalue weighted by atomic mass is 35.5. The van der Waals surface area contributed by atoms with Crippen LogP contribution in [0.2, 0.25) is 4.34 Å². The molecule has 0 spiro atoms. The fraction of sp³-hybridized carbons (Fsp3) is 0.167. The van der Waals surface area contributed by atoms with Crippen LogP contribution in [0.5, 0.6) is 0 Å². The predicted molar refractivity (Wildman–Crippen MR) is 48.8 cm³/mol. The number of nitrogens with zero attached hydrogens (tertiary/aromatic N) is 1. The van der Waals surface area contributed by atoms with Crippen molar-refractivity contribution in [2.24, 2.45) is 16.5 Å². The number of hydrogen-bond acceptors (Lipinski definition) is 2. The van der Waals surface area contributed by atoms with Crippen LogP contribution in [0.1, 0.15) is 4.88 Å². The van der Waals surface area contributed by atoms with Gasteiger partial charge in [-0.3, -0.25) is 0 Å². The van der Waals surface area contributed by atoms with Gasteiger partial charge in [0.25, 0.3) is 0 Å². The molecule has 0 aliphatic heterocycles. The first-order valence-electron chi connectivity index (χ1n) is 2.98. The van der Waals surface area contributed by atoms with Crippen molar-refractivity contribution in [2.45, 2.75) is 6.54 Å². The van der Waals surface area contributed by atoms with E-state index in [9.17, 15) is 0 Å². The molecule has 1 rings (SSSR count). The summed E-state index contributed by atoms with van der Waals surface area (Å²) < 4.78 is 0.755. The van der Waals surface area contributed by atoms with Crippen LogP contribution >= 0.6 is 22.9 Å². The average molecular weight is 190 g/mol. The van der Waals surface area contributed by atoms with Gasteiger partial charge in [0.1, 0.15) is 0 Å². The zero-order valence-electron chi connectivity index (χ0n) is 5.75. The fourth-order valence-corrected chi connectivity index (χ4v) is 1.62. The summed E-state index contributed by atoms with van der Waals surface area (Å²) in [6, 6.07) is 3.73. The van der Waals surface area contributed by atoms with E-state index in [1.807, 2.05) is 12.1 Å². The van der Waals surface area contributed by atoms with Crippen LogP contribution in [0.15, 0.2) is 17.1 Å². The largest absolute Gasteiger partial charge is 0.370 e. The molecule has 11 heavy (non-hydrogen) atoms. The summed E-state index contributed by atoms with van der Waals surface area (Å²) >= 11 is 7.16. The van der Waals surface area contributed by atoms with E-state index in [1.54, 1.807) is 0 Å². The van der Waals surface area contributed by atoms with Crippen LogP contribution in [-0.4, -0.2) is 5.96 Å². The Morgan fingerprint density at radius 2 is 2.27 bits per heavy atom. The average Bonchev–Trinajstić information content (AvgIpc) is 2.31. The summed E-state index contributed by atoms with van der Waals surface area (Å²) in [7, 11) is 0. The summed E-state index contributed by atoms with van der Waals surface area (Å²) in [5.74, 6) is 0.106. The molecular formula is C6H8ClN3S. The summed E-state index contributed by atoms with van der Waals surface area (Å²) in [4.78, 5) is 4.89. The molecule has 1 aromatic heterocycles. The van der Waals surface area contributed by atoms with Crippen molar-refractivity contribution < 1.29 is 0 Å². The Balaban J connectivity index is 2.58. The first-order valence-corrected chi connectivity index (χ1v) is 4.17. The van der Waals surface area contributed by atoms with E-state index in [1.165, 1.54) is 11.3 Å². The van der Waals surface area contributed by atoms with E-state index in [0.717, 1.165) is 9.21 Å². The quantitative estimate of drug-likeness (QED) is 0.542. The molecule has 1 heterocycles. The molecule has 0 aromatic carbocycles. The van der Waals surface area contributed by atoms with Gasteiger partial charge in [0.2, 0.25) is 0 Å². The monoisotopic (exact) mass is 189 g/mol. The standard InChI is InChI=1S/C6H8ClN3S/c7-5-2-1-4(11-5)3-10-6(8)9/h1-2H,3H2,(H4,8,9,10). The maximum atomic E-state index is 5.68. The molecule has 4 N–H and O–H groups in total. The summed E-state index contributed by atoms with van der Waals surface area (Å²) in [5, 5.41) is 0. The van der Waals surface area contributed by atoms with E-state index < -0.39 is 0 Å². The van der Waals surface area contributed by atoms with Gasteiger partial charge < -0.3 is 11.5 Å². The lowest BCUT2D eigenvalue weighted by Crippen LogP contribution is -2.22. The van der Waals surface area contributed by atoms with E-state index in [-0.39, 0.29) is 5.96 Å². The van der Waals surface area contributed by atoms with Crippen LogP contribution in [0.3, 0.4) is 0 Å². The molecule has 3 nitrogen and oxygen atoms in total. The van der Waals surface area contributed by atoms with Crippen LogP contribution in [0.25, 0.3) is 0 Å². The minimum absolute atomic E-state index is 0.106. The topological polar surface area (TPSA) is 64.4 Å². The molecule has 60 valence electrons. The molecule has 0 aliphatic carbocycles. The first-order chi connectivity index (χ1) is 5.18. The zero-order valence-corrected chi connectivity index (χ0v) is 7.32. The van der Waals surface area contributed by atoms with Crippen molar-refractivity contribution in [2.75, 3.05) is 0 Å². The number of thiophene rings is 1. The van der Waals surface area contributed by atoms with Gasteiger partial charge in [-0.1, -0.05) is 11.6 Å². The van der Waals surface area contributed by atoms with Gasteiger partial charge in [0.05, 0.1) is 10.9 Å². The Hall–Kier alpha value is -0.740. The molecule has 0 fully saturated rings. The van der Waals surface area contributed by atoms with Crippen LogP contribution < -0.4 is 11.5 Å². The van der Waals surface area contributed by atoms with Crippen molar-refractivity contribution in [3.05, 3.63) is 21.3 Å². The van der Waals surface area contributed by atoms with Gasteiger partial charge in [-0.25, -0.2) is 4.99 Å². The molecule has 0 amide bonds. The Morgan fingerprint density at radius 3 is 2.73 bits per heavy atom. The zero-order chi connectivity index (χ0) is 8.27. The van der Waals surface area contributed by atoms with Gasteiger partial charge in [-0.15, -0.1) is 11.3 Å². The normalized spacial score (nSPS) is 9.55. The molecule has 0 radical (unpaired) electrons. The second kappa shape index (κ2) is 3.59. The third kappa shape index (κ3) is 2.78. The van der Waals surface area contributed by atoms with Crippen LogP contribution in [-0.2, 0) is 6.54 Å². The third-order valence-electron chi connectivity index (χ3n) is 1.05. The molecule has 0 saturated carbocycles. The lowest BCUT2D eigenvalue weighted by atomic mass is 10.5. The second-order valence-electron chi connectivity index (χ2n) is 1.95. The van der Waals surface area contributed by atoms with E-state index in [0.29, 0.717) is 6.54 Å². The molecular weight excluding hydrogens is 182 g/mol. The van der Waals surface area contributed by atoms with E-state index in [4.69, 9.17) is 23.1 Å². The highest BCUT2D eigenvalue weighted by Gasteiger charge is 1.95. The van der Waals surface area contributed by atoms with Crippen molar-refractivity contribution in [3.63, 3.8) is 0 Å². The Bertz CT molecular complexity index is 265. The van der Waals surface area contributed by atoms with Gasteiger partial charge in [0.15, 0.2) is 5.96 Å². The highest BCUT2D eigenvalue weighted by molar-refractivity contribution is 7.16. The van der Waals surface area contributed by atoms with Crippen molar-refractivity contribution >= 4 is 28.9 Å². The highest BCUT2D eigenvalue weighted by Crippen LogP contribution is 2.21. The smallest absolute Gasteiger partial charge is 0.186 e. The second-order valence-corrected chi connectivity index (χ2v) is 3.75. The minimum atomic E-state index is 0.106. The van der Waals surface area contributed by atoms with E-state index in [2.05, 4.69) is 4.99 Å². The number of nitrogens with two attached hydrogens (primary N) is 2. The molecule has 0 saturated heterocycles. The lowest BCUT2D eigenvalue weighted by Gasteiger charge is -1.89. The Labute approximate surface area is 73.7 Å². The van der Waals surface area contributed by atoms with Gasteiger partial charge in [-0.2, -0.15) is 0 Å². The van der Waals surface area contributed by atoms with Crippen LogP contribution in [0, 0.1) is 0 Å². The summed E-state index contributed by atoms with van der Waals surface area (Å²) in [5.41, 5.74) is 10.3. The molecule has 0 aliphatic rings. The summed E-state index contributed by atoms with van der Waals surface area (Å²) in [6.07, 6.45) is 0. The molecule has 1 aromatic rings. The Morgan fingerprint density at radius 1 is 1.55 bits per heavy atom. The summed E-state index contributed by atoms with van der Waals surface area (Å²) in [6.45, 7) is 0.514. The Kier molecular flexibility index (Phi) is 2.73. The maximum absolute atomic E-state index is 5.68. The molecule has 0 unspecified atom stereocenters. The van der Waals surface area contributed by atoms with Gasteiger partial charge in [0, 0.05) is 4.88 Å².